The van der Waals surface area contributed by atoms with Crippen molar-refractivity contribution in [2.24, 2.45) is 0 Å². The van der Waals surface area contributed by atoms with Gasteiger partial charge in [0, 0.05) is 0 Å². The van der Waals surface area contributed by atoms with E-state index >= 15 is 0 Å². The molecule has 0 N–H and O–H groups in total. The fraction of sp³-hybridized carbons (Fsp3) is 0.562. The van der Waals surface area contributed by atoms with E-state index in [9.17, 15) is 35.5 Å². The van der Waals surface area contributed by atoms with Gasteiger partial charge in [-0.1, -0.05) is 0 Å². The van der Waals surface area contributed by atoms with Crippen LogP contribution in [-0.4, -0.2) is 43.9 Å². The van der Waals surface area contributed by atoms with E-state index in [1.165, 1.54) is 30.3 Å². The van der Waals surface area contributed by atoms with Crippen LogP contribution in [0, 0.1) is 0 Å². The van der Waals surface area contributed by atoms with Gasteiger partial charge in [-0.2, -0.15) is 0 Å². The van der Waals surface area contributed by atoms with Crippen LogP contribution in [0.2, 0.25) is 0 Å². The van der Waals surface area contributed by atoms with Crippen LogP contribution in [0.15, 0.2) is 30.3 Å². The summed E-state index contributed by atoms with van der Waals surface area (Å²) in [4.78, 5) is 11.7. The molecule has 1 aromatic rings. The monoisotopic (exact) mass is 454 g/mol. The van der Waals surface area contributed by atoms with E-state index in [1.807, 2.05) is 6.92 Å². The van der Waals surface area contributed by atoms with E-state index in [2.05, 4.69) is 4.74 Å². The van der Waals surface area contributed by atoms with Crippen LogP contribution >= 0.6 is 0 Å². The summed E-state index contributed by atoms with van der Waals surface area (Å²) >= 11 is -1.65. The van der Waals surface area contributed by atoms with E-state index < -0.39 is 43.9 Å². The summed E-state index contributed by atoms with van der Waals surface area (Å²) in [6.45, 7) is 1.81. The molecule has 1 atom stereocenters. The van der Waals surface area contributed by atoms with Gasteiger partial charge in [0.1, 0.15) is 0 Å². The Bertz CT molecular complexity index is 576. The van der Waals surface area contributed by atoms with E-state index in [-0.39, 0.29) is 17.3 Å². The molecule has 2 nitrogen and oxygen atoms in total. The van der Waals surface area contributed by atoms with Crippen molar-refractivity contribution < 1.29 is 40.3 Å². The third-order valence-electron chi connectivity index (χ3n) is 3.28. The molecular weight excluding hydrogens is 436 g/mol. The molecule has 1 rings (SSSR count). The number of benzene rings is 1. The minimum atomic E-state index is -6.48. The summed E-state index contributed by atoms with van der Waals surface area (Å²) in [6, 6.07) is 6.93. The number of unbranched alkanes of at least 4 members (excludes halogenated alkanes) is 2. The first-order valence-electron chi connectivity index (χ1n) is 7.67. The summed E-state index contributed by atoms with van der Waals surface area (Å²) in [5.41, 5.74) is 0. The van der Waals surface area contributed by atoms with Crippen LogP contribution in [0.1, 0.15) is 32.6 Å². The maximum atomic E-state index is 14.1. The number of carbonyl (C=O) groups is 1. The van der Waals surface area contributed by atoms with Gasteiger partial charge >= 0.3 is 152 Å². The van der Waals surface area contributed by atoms with Gasteiger partial charge in [0.2, 0.25) is 0 Å². The van der Waals surface area contributed by atoms with Gasteiger partial charge in [0.25, 0.3) is 0 Å². The standard InChI is InChI=1S/C16H17F7O2Se/c1-2-3-5-10-12(24)25-13(26-11-8-6-4-7-9-11)14(17,18)15(19,20)16(21,22)23/h4,6-9,13H,2-3,5,10H2,1H3. The zero-order chi connectivity index (χ0) is 20.0. The van der Waals surface area contributed by atoms with Crippen molar-refractivity contribution in [2.75, 3.05) is 0 Å². The topological polar surface area (TPSA) is 26.3 Å². The fourth-order valence-corrected chi connectivity index (χ4v) is 3.95. The van der Waals surface area contributed by atoms with Gasteiger partial charge in [-0.05, 0) is 0 Å². The number of ether oxygens (including phenoxy) is 1. The zero-order valence-electron chi connectivity index (χ0n) is 13.7. The third-order valence-corrected chi connectivity index (χ3v) is 5.69. The average molecular weight is 453 g/mol. The normalized spacial score (nSPS) is 14.2. The molecule has 10 heteroatoms. The van der Waals surface area contributed by atoms with Gasteiger partial charge in [-0.15, -0.1) is 0 Å². The van der Waals surface area contributed by atoms with Crippen LogP contribution in [-0.2, 0) is 9.53 Å². The predicted octanol–water partition coefficient (Wildman–Crippen LogP) is 4.30. The molecule has 0 heterocycles. The second kappa shape index (κ2) is 9.08. The Morgan fingerprint density at radius 3 is 2.12 bits per heavy atom. The van der Waals surface area contributed by atoms with E-state index in [1.54, 1.807) is 0 Å². The molecule has 0 aliphatic heterocycles. The Morgan fingerprint density at radius 1 is 1.04 bits per heavy atom. The van der Waals surface area contributed by atoms with Crippen molar-refractivity contribution in [1.29, 1.82) is 0 Å². The predicted molar refractivity (Wildman–Crippen MR) is 81.8 cm³/mol. The fourth-order valence-electron chi connectivity index (χ4n) is 1.83. The van der Waals surface area contributed by atoms with Gasteiger partial charge < -0.3 is 0 Å². The van der Waals surface area contributed by atoms with Gasteiger partial charge in [-0.25, -0.2) is 0 Å². The first-order valence-corrected chi connectivity index (χ1v) is 9.51. The van der Waals surface area contributed by atoms with Crippen LogP contribution in [0.25, 0.3) is 0 Å². The molecule has 0 bridgehead atoms. The first-order chi connectivity index (χ1) is 11.9. The van der Waals surface area contributed by atoms with Crippen LogP contribution in [0.3, 0.4) is 0 Å². The second-order valence-electron chi connectivity index (χ2n) is 5.40. The summed E-state index contributed by atoms with van der Waals surface area (Å²) in [5, 5.41) is -2.89. The molecule has 0 amide bonds. The van der Waals surface area contributed by atoms with Crippen LogP contribution < -0.4 is 4.46 Å². The quantitative estimate of drug-likeness (QED) is 0.241. The number of carbonyl (C=O) groups excluding carboxylic acids is 1. The molecular formula is C16H17F7O2Se. The molecule has 26 heavy (non-hydrogen) atoms. The summed E-state index contributed by atoms with van der Waals surface area (Å²) in [7, 11) is 0. The Hall–Kier alpha value is -1.28. The minimum absolute atomic E-state index is 0.101. The van der Waals surface area contributed by atoms with E-state index in [4.69, 9.17) is 0 Å². The summed E-state index contributed by atoms with van der Waals surface area (Å²) < 4.78 is 96.7. The van der Waals surface area contributed by atoms with Gasteiger partial charge in [-0.3, -0.25) is 0 Å². The number of esters is 1. The molecule has 1 unspecified atom stereocenters. The second-order valence-corrected chi connectivity index (χ2v) is 7.79. The van der Waals surface area contributed by atoms with Crippen LogP contribution in [0.5, 0.6) is 0 Å². The van der Waals surface area contributed by atoms with E-state index in [0.29, 0.717) is 12.8 Å². The number of halogens is 7. The summed E-state index contributed by atoms with van der Waals surface area (Å²) in [6.07, 6.45) is -5.27. The Labute approximate surface area is 152 Å². The maximum absolute atomic E-state index is 14.1. The van der Waals surface area contributed by atoms with Gasteiger partial charge in [0.15, 0.2) is 0 Å². The number of hydrogen-bond donors (Lipinski definition) is 0. The van der Waals surface area contributed by atoms with Gasteiger partial charge in [0.05, 0.1) is 0 Å². The Morgan fingerprint density at radius 2 is 1.62 bits per heavy atom. The number of hydrogen-bond acceptors (Lipinski definition) is 2. The first kappa shape index (κ1) is 22.8. The SMILES string of the molecule is CCCCCC(=O)OC([Se]c1ccccc1)C(F)(F)C(F)(F)C(F)(F)F. The molecule has 0 fully saturated rings. The van der Waals surface area contributed by atoms with Crippen molar-refractivity contribution in [3.63, 3.8) is 0 Å². The Kier molecular flexibility index (Phi) is 7.95. The number of alkyl halides is 7. The van der Waals surface area contributed by atoms with Crippen molar-refractivity contribution in [1.82, 2.24) is 0 Å². The zero-order valence-corrected chi connectivity index (χ0v) is 15.4. The van der Waals surface area contributed by atoms with Crippen molar-refractivity contribution in [2.45, 2.75) is 55.6 Å². The Balaban J connectivity index is 3.08. The molecule has 0 saturated heterocycles. The molecule has 0 aliphatic carbocycles. The van der Waals surface area contributed by atoms with E-state index in [0.717, 1.165) is 0 Å². The molecule has 1 aromatic carbocycles. The van der Waals surface area contributed by atoms with Crippen molar-refractivity contribution >= 4 is 25.4 Å². The molecule has 0 aromatic heterocycles. The van der Waals surface area contributed by atoms with Crippen molar-refractivity contribution in [3.8, 4) is 0 Å². The summed E-state index contributed by atoms with van der Waals surface area (Å²) in [5.74, 6) is -13.1. The molecule has 0 aliphatic rings. The molecule has 0 spiro atoms. The average Bonchev–Trinajstić information content (AvgIpc) is 2.54. The van der Waals surface area contributed by atoms with Crippen LogP contribution in [0.4, 0.5) is 30.7 Å². The number of rotatable bonds is 9. The molecule has 0 saturated carbocycles. The van der Waals surface area contributed by atoms with Crippen molar-refractivity contribution in [3.05, 3.63) is 30.3 Å². The molecule has 0 radical (unpaired) electrons. The molecule has 148 valence electrons. The third kappa shape index (κ3) is 5.61.